The molecule has 2 aliphatic rings. The van der Waals surface area contributed by atoms with Gasteiger partial charge in [0.25, 0.3) is 5.91 Å². The van der Waals surface area contributed by atoms with Gasteiger partial charge in [-0.1, -0.05) is 0 Å². The maximum absolute atomic E-state index is 12.4. The maximum atomic E-state index is 12.4. The summed E-state index contributed by atoms with van der Waals surface area (Å²) in [6.07, 6.45) is 5.82. The summed E-state index contributed by atoms with van der Waals surface area (Å²) < 4.78 is 8.23. The van der Waals surface area contributed by atoms with Crippen LogP contribution in [0.1, 0.15) is 44.8 Å². The van der Waals surface area contributed by atoms with Gasteiger partial charge in [-0.3, -0.25) is 4.79 Å². The Labute approximate surface area is 169 Å². The van der Waals surface area contributed by atoms with Crippen molar-refractivity contribution in [3.63, 3.8) is 0 Å². The molecule has 1 fully saturated rings. The van der Waals surface area contributed by atoms with Gasteiger partial charge in [-0.25, -0.2) is 4.98 Å². The number of benzene rings is 1. The van der Waals surface area contributed by atoms with Gasteiger partial charge in [0, 0.05) is 36.4 Å². The Balaban J connectivity index is 1.49. The van der Waals surface area contributed by atoms with Gasteiger partial charge in [-0.2, -0.15) is 4.98 Å². The van der Waals surface area contributed by atoms with E-state index in [1.807, 2.05) is 25.1 Å². The molecule has 3 heterocycles. The molecule has 0 unspecified atom stereocenters. The van der Waals surface area contributed by atoms with E-state index in [0.29, 0.717) is 17.7 Å². The van der Waals surface area contributed by atoms with Crippen molar-refractivity contribution in [3.05, 3.63) is 36.2 Å². The highest BCUT2D eigenvalue weighted by Gasteiger charge is 2.39. The van der Waals surface area contributed by atoms with Crippen LogP contribution >= 0.6 is 0 Å². The van der Waals surface area contributed by atoms with Crippen molar-refractivity contribution in [2.75, 3.05) is 17.3 Å². The fourth-order valence-corrected chi connectivity index (χ4v) is 4.11. The molecule has 7 heteroatoms. The van der Waals surface area contributed by atoms with Crippen LogP contribution in [-0.4, -0.2) is 33.1 Å². The van der Waals surface area contributed by atoms with Gasteiger partial charge in [0.1, 0.15) is 11.4 Å². The molecule has 1 aromatic carbocycles. The average Bonchev–Trinajstić information content (AvgIpc) is 3.02. The number of likely N-dealkylation sites (N-methyl/N-ethyl adjacent to an activating group) is 1. The summed E-state index contributed by atoms with van der Waals surface area (Å²) in [4.78, 5) is 23.5. The van der Waals surface area contributed by atoms with Crippen molar-refractivity contribution in [2.24, 2.45) is 0 Å². The number of aryl methyl sites for hydroxylation is 1. The standard InChI is InChI=1S/C22H25N5O2/c1-13-16-10-11-27(15-6-5-7-15)19(16)25-21(23-13)24-14-8-9-17-18(12-14)29-22(2,3)20(28)26(17)4/h8-12,15H,5-7H2,1-4H3,(H,23,24,25). The minimum Gasteiger partial charge on any atom is -0.476 e. The Kier molecular flexibility index (Phi) is 3.84. The smallest absolute Gasteiger partial charge is 0.270 e. The number of nitrogens with one attached hydrogen (secondary N) is 1. The van der Waals surface area contributed by atoms with Crippen LogP contribution in [-0.2, 0) is 4.79 Å². The maximum Gasteiger partial charge on any atom is 0.270 e. The molecule has 1 N–H and O–H groups in total. The predicted molar refractivity (Wildman–Crippen MR) is 113 cm³/mol. The van der Waals surface area contributed by atoms with Crippen molar-refractivity contribution in [2.45, 2.75) is 51.7 Å². The van der Waals surface area contributed by atoms with E-state index >= 15 is 0 Å². The fraction of sp³-hybridized carbons (Fsp3) is 0.409. The van der Waals surface area contributed by atoms with E-state index in [2.05, 4.69) is 27.1 Å². The number of hydrogen-bond donors (Lipinski definition) is 1. The van der Waals surface area contributed by atoms with Crippen molar-refractivity contribution < 1.29 is 9.53 Å². The molecule has 1 aliphatic carbocycles. The first-order chi connectivity index (χ1) is 13.8. The molecule has 150 valence electrons. The van der Waals surface area contributed by atoms with Crippen LogP contribution in [0.4, 0.5) is 17.3 Å². The second-order valence-electron chi connectivity index (χ2n) is 8.46. The Morgan fingerprint density at radius 2 is 2.00 bits per heavy atom. The molecule has 0 spiro atoms. The Hall–Kier alpha value is -3.09. The number of aromatic nitrogens is 3. The number of hydrogen-bond acceptors (Lipinski definition) is 5. The lowest BCUT2D eigenvalue weighted by molar-refractivity contribution is -0.132. The van der Waals surface area contributed by atoms with E-state index in [1.54, 1.807) is 25.8 Å². The predicted octanol–water partition coefficient (Wildman–Crippen LogP) is 4.34. The second-order valence-corrected chi connectivity index (χ2v) is 8.46. The highest BCUT2D eigenvalue weighted by molar-refractivity contribution is 6.02. The minimum absolute atomic E-state index is 0.0631. The van der Waals surface area contributed by atoms with E-state index in [-0.39, 0.29) is 5.91 Å². The van der Waals surface area contributed by atoms with Gasteiger partial charge < -0.3 is 19.5 Å². The lowest BCUT2D eigenvalue weighted by Gasteiger charge is -2.37. The van der Waals surface area contributed by atoms with Gasteiger partial charge in [0.2, 0.25) is 5.95 Å². The first kappa shape index (κ1) is 18.0. The van der Waals surface area contributed by atoms with E-state index in [9.17, 15) is 4.79 Å². The zero-order valence-electron chi connectivity index (χ0n) is 17.2. The second kappa shape index (κ2) is 6.20. The first-order valence-electron chi connectivity index (χ1n) is 10.1. The van der Waals surface area contributed by atoms with Crippen LogP contribution in [0, 0.1) is 6.92 Å². The molecule has 0 radical (unpaired) electrons. The van der Waals surface area contributed by atoms with Crippen LogP contribution < -0.4 is 15.0 Å². The quantitative estimate of drug-likeness (QED) is 0.719. The third-order valence-electron chi connectivity index (χ3n) is 5.99. The molecule has 0 saturated heterocycles. The van der Waals surface area contributed by atoms with Crippen LogP contribution in [0.15, 0.2) is 30.5 Å². The summed E-state index contributed by atoms with van der Waals surface area (Å²) in [6.45, 7) is 5.58. The number of fused-ring (bicyclic) bond motifs is 2. The number of carbonyl (C=O) groups is 1. The highest BCUT2D eigenvalue weighted by atomic mass is 16.5. The zero-order chi connectivity index (χ0) is 20.3. The summed E-state index contributed by atoms with van der Waals surface area (Å²) in [5, 5.41) is 4.41. The van der Waals surface area contributed by atoms with Gasteiger partial charge >= 0.3 is 0 Å². The van der Waals surface area contributed by atoms with Gasteiger partial charge in [0.05, 0.1) is 11.4 Å². The molecule has 1 amide bonds. The molecule has 1 saturated carbocycles. The van der Waals surface area contributed by atoms with Crippen molar-refractivity contribution in [3.8, 4) is 5.75 Å². The summed E-state index contributed by atoms with van der Waals surface area (Å²) >= 11 is 0. The number of ether oxygens (including phenoxy) is 1. The van der Waals surface area contributed by atoms with Gasteiger partial charge in [-0.05, 0) is 58.2 Å². The normalized spacial score (nSPS) is 18.3. The topological polar surface area (TPSA) is 72.3 Å². The summed E-state index contributed by atoms with van der Waals surface area (Å²) in [6, 6.07) is 8.34. The fourth-order valence-electron chi connectivity index (χ4n) is 4.11. The first-order valence-corrected chi connectivity index (χ1v) is 10.1. The summed E-state index contributed by atoms with van der Waals surface area (Å²) in [5.41, 5.74) is 2.62. The van der Waals surface area contributed by atoms with E-state index in [4.69, 9.17) is 9.72 Å². The SMILES string of the molecule is Cc1nc(Nc2ccc3c(c2)OC(C)(C)C(=O)N3C)nc2c1ccn2C1CCC1. The zero-order valence-corrected chi connectivity index (χ0v) is 17.2. The van der Waals surface area contributed by atoms with E-state index in [0.717, 1.165) is 28.1 Å². The van der Waals surface area contributed by atoms with Crippen LogP contribution in [0.3, 0.4) is 0 Å². The molecule has 0 bridgehead atoms. The molecule has 5 rings (SSSR count). The molecule has 1 aliphatic heterocycles. The number of nitrogens with zero attached hydrogens (tertiary/aromatic N) is 4. The Morgan fingerprint density at radius 1 is 1.21 bits per heavy atom. The van der Waals surface area contributed by atoms with Crippen LogP contribution in [0.2, 0.25) is 0 Å². The van der Waals surface area contributed by atoms with Crippen LogP contribution in [0.5, 0.6) is 5.75 Å². The number of carbonyl (C=O) groups excluding carboxylic acids is 1. The molecule has 0 atom stereocenters. The summed E-state index contributed by atoms with van der Waals surface area (Å²) in [7, 11) is 1.77. The van der Waals surface area contributed by atoms with E-state index < -0.39 is 5.60 Å². The minimum atomic E-state index is -0.893. The number of rotatable bonds is 3. The molecule has 3 aromatic rings. The average molecular weight is 391 g/mol. The number of amides is 1. The van der Waals surface area contributed by atoms with Gasteiger partial charge in [-0.15, -0.1) is 0 Å². The van der Waals surface area contributed by atoms with Crippen molar-refractivity contribution >= 4 is 34.3 Å². The highest BCUT2D eigenvalue weighted by Crippen LogP contribution is 2.39. The largest absolute Gasteiger partial charge is 0.476 e. The Bertz CT molecular complexity index is 1130. The van der Waals surface area contributed by atoms with Crippen molar-refractivity contribution in [1.29, 1.82) is 0 Å². The molecule has 29 heavy (non-hydrogen) atoms. The molecule has 2 aromatic heterocycles. The molecular formula is C22H25N5O2. The Morgan fingerprint density at radius 3 is 2.72 bits per heavy atom. The van der Waals surface area contributed by atoms with E-state index in [1.165, 1.54) is 19.3 Å². The summed E-state index contributed by atoms with van der Waals surface area (Å²) in [5.74, 6) is 1.17. The molecular weight excluding hydrogens is 366 g/mol. The lowest BCUT2D eigenvalue weighted by Crippen LogP contribution is -2.50. The van der Waals surface area contributed by atoms with Crippen molar-refractivity contribution in [1.82, 2.24) is 14.5 Å². The molecule has 7 nitrogen and oxygen atoms in total. The number of anilines is 3. The van der Waals surface area contributed by atoms with Crippen LogP contribution in [0.25, 0.3) is 11.0 Å². The van der Waals surface area contributed by atoms with Gasteiger partial charge in [0.15, 0.2) is 5.60 Å². The monoisotopic (exact) mass is 391 g/mol. The lowest BCUT2D eigenvalue weighted by atomic mass is 9.93. The third-order valence-corrected chi connectivity index (χ3v) is 5.99. The third kappa shape index (κ3) is 2.84.